The molecular weight excluding hydrogens is 921 g/mol. The Hall–Kier alpha value is -4.34. The fourth-order valence-electron chi connectivity index (χ4n) is 5.55. The quantitative estimate of drug-likeness (QED) is 0.0265. The van der Waals surface area contributed by atoms with Gasteiger partial charge in [-0.1, -0.05) is 88.7 Å². The average molecular weight is 993 g/mol. The minimum absolute atomic E-state index is 0.0181. The van der Waals surface area contributed by atoms with Gasteiger partial charge in [-0.25, -0.2) is 19.2 Å². The second-order valence-electron chi connectivity index (χ2n) is 15.0. The van der Waals surface area contributed by atoms with Gasteiger partial charge in [-0.05, 0) is 22.3 Å². The summed E-state index contributed by atoms with van der Waals surface area (Å²) in [5, 5.41) is 0. The molecule has 0 atom stereocenters. The lowest BCUT2D eigenvalue weighted by molar-refractivity contribution is -0.140. The van der Waals surface area contributed by atoms with Crippen LogP contribution in [0.1, 0.15) is 36.1 Å². The molecule has 0 saturated heterocycles. The van der Waals surface area contributed by atoms with Gasteiger partial charge in [-0.3, -0.25) is 0 Å². The van der Waals surface area contributed by atoms with E-state index in [2.05, 4.69) is 114 Å². The SMILES string of the molecule is C=CC(=O)OCCOCCOCC(COCCOCCOC(=O)C=C)(COCCOCCOC(=O)C=C)COCCOCCOC(=O)C=C.CC(C)(c1ccc(CS)cc1)c1ccc(CS)cc1. The first kappa shape index (κ1) is 61.7. The number of hydrogen-bond donors (Lipinski definition) is 2. The summed E-state index contributed by atoms with van der Waals surface area (Å²) >= 11 is 8.60. The second-order valence-corrected chi connectivity index (χ2v) is 15.6. The second kappa shape index (κ2) is 39.5. The van der Waals surface area contributed by atoms with E-state index in [9.17, 15) is 19.2 Å². The van der Waals surface area contributed by atoms with Gasteiger partial charge >= 0.3 is 23.9 Å². The van der Waals surface area contributed by atoms with Crippen molar-refractivity contribution in [2.24, 2.45) is 5.41 Å². The van der Waals surface area contributed by atoms with Crippen molar-refractivity contribution in [2.45, 2.75) is 30.8 Å². The molecule has 0 N–H and O–H groups in total. The first-order valence-electron chi connectivity index (χ1n) is 22.1. The molecule has 0 heterocycles. The molecule has 2 aromatic carbocycles. The van der Waals surface area contributed by atoms with Gasteiger partial charge in [0.15, 0.2) is 0 Å². The van der Waals surface area contributed by atoms with E-state index in [1.54, 1.807) is 0 Å². The van der Waals surface area contributed by atoms with Crippen molar-refractivity contribution < 1.29 is 76.0 Å². The van der Waals surface area contributed by atoms with Gasteiger partial charge in [-0.15, -0.1) is 0 Å². The maximum atomic E-state index is 11.1. The van der Waals surface area contributed by atoms with Crippen molar-refractivity contribution in [2.75, 3.05) is 132 Å². The number of carbonyl (C=O) groups excluding carboxylic acids is 4. The molecule has 0 aliphatic carbocycles. The van der Waals surface area contributed by atoms with Gasteiger partial charge in [0.2, 0.25) is 0 Å². The van der Waals surface area contributed by atoms with Gasteiger partial charge < -0.3 is 56.8 Å². The molecule has 0 amide bonds. The molecule has 0 unspecified atom stereocenters. The van der Waals surface area contributed by atoms with E-state index in [1.807, 2.05) is 0 Å². The van der Waals surface area contributed by atoms with E-state index in [-0.39, 0.29) is 138 Å². The topological polar surface area (TPSA) is 179 Å². The zero-order chi connectivity index (χ0) is 50.1. The molecule has 2 rings (SSSR count). The number of hydrogen-bond acceptors (Lipinski definition) is 18. The summed E-state index contributed by atoms with van der Waals surface area (Å²) in [5.74, 6) is -0.554. The largest absolute Gasteiger partial charge is 0.460 e. The van der Waals surface area contributed by atoms with E-state index < -0.39 is 29.3 Å². The van der Waals surface area contributed by atoms with Crippen molar-refractivity contribution in [3.05, 3.63) is 121 Å². The van der Waals surface area contributed by atoms with Crippen LogP contribution >= 0.6 is 25.3 Å². The summed E-state index contributed by atoms with van der Waals surface area (Å²) in [6.07, 6.45) is 4.29. The molecule has 0 aromatic heterocycles. The van der Waals surface area contributed by atoms with Crippen LogP contribution in [0.2, 0.25) is 0 Å². The summed E-state index contributed by atoms with van der Waals surface area (Å²) in [4.78, 5) is 44.6. The fraction of sp³-hybridized carbons (Fsp3) is 0.520. The van der Waals surface area contributed by atoms with E-state index in [0.717, 1.165) is 35.8 Å². The Morgan fingerprint density at radius 1 is 0.397 bits per heavy atom. The van der Waals surface area contributed by atoms with E-state index in [4.69, 9.17) is 56.8 Å². The van der Waals surface area contributed by atoms with E-state index in [0.29, 0.717) is 0 Å². The van der Waals surface area contributed by atoms with E-state index >= 15 is 0 Å². The first-order chi connectivity index (χ1) is 32.9. The predicted octanol–water partition coefficient (Wildman–Crippen LogP) is 5.89. The molecule has 0 fully saturated rings. The Kier molecular flexibility index (Phi) is 35.8. The van der Waals surface area contributed by atoms with Crippen LogP contribution in [0.25, 0.3) is 0 Å². The highest BCUT2D eigenvalue weighted by Gasteiger charge is 2.33. The summed E-state index contributed by atoms with van der Waals surface area (Å²) in [6, 6.07) is 17.5. The van der Waals surface area contributed by atoms with Crippen molar-refractivity contribution in [3.8, 4) is 0 Å². The molecule has 18 heteroatoms. The van der Waals surface area contributed by atoms with Crippen LogP contribution in [0.5, 0.6) is 0 Å². The molecule has 380 valence electrons. The zero-order valence-corrected chi connectivity index (χ0v) is 41.5. The fourth-order valence-corrected chi connectivity index (χ4v) is 5.97. The number of esters is 4. The zero-order valence-electron chi connectivity index (χ0n) is 39.7. The smallest absolute Gasteiger partial charge is 0.330 e. The average Bonchev–Trinajstić information content (AvgIpc) is 3.36. The van der Waals surface area contributed by atoms with Crippen molar-refractivity contribution in [3.63, 3.8) is 0 Å². The van der Waals surface area contributed by atoms with E-state index in [1.165, 1.54) is 22.3 Å². The van der Waals surface area contributed by atoms with Crippen molar-refractivity contribution >= 4 is 49.1 Å². The molecule has 0 aliphatic rings. The number of ether oxygens (including phenoxy) is 12. The standard InChI is InChI=1S/C33H52O16.C17H20S2/c1-5-29(34)46-21-17-38-9-13-42-25-33(26-43-14-10-39-18-22-47-30(35)6-2,27-44-15-11-40-19-23-48-31(36)7-3)28-45-16-12-41-20-24-49-32(37)8-4;1-17(2,15-7-3-13(11-18)4-8-15)16-9-5-14(12-19)6-10-16/h5-8H,1-4,9-28H2;3-10,18-19H,11-12H2,1-2H3. The monoisotopic (exact) mass is 992 g/mol. The lowest BCUT2D eigenvalue weighted by atomic mass is 9.78. The van der Waals surface area contributed by atoms with Crippen molar-refractivity contribution in [1.82, 2.24) is 0 Å². The number of thiol groups is 2. The summed E-state index contributed by atoms with van der Waals surface area (Å²) < 4.78 is 65.0. The van der Waals surface area contributed by atoms with Gasteiger partial charge in [0.05, 0.1) is 111 Å². The van der Waals surface area contributed by atoms with Crippen LogP contribution in [0, 0.1) is 5.41 Å². The minimum Gasteiger partial charge on any atom is -0.460 e. The highest BCUT2D eigenvalue weighted by molar-refractivity contribution is 7.79. The van der Waals surface area contributed by atoms with Crippen LogP contribution < -0.4 is 0 Å². The molecule has 0 saturated carbocycles. The highest BCUT2D eigenvalue weighted by Crippen LogP contribution is 2.32. The van der Waals surface area contributed by atoms with Crippen molar-refractivity contribution in [1.29, 1.82) is 0 Å². The third-order valence-corrected chi connectivity index (χ3v) is 10.1. The van der Waals surface area contributed by atoms with Crippen LogP contribution in [0.15, 0.2) is 99.2 Å². The van der Waals surface area contributed by atoms with Crippen LogP contribution in [0.4, 0.5) is 0 Å². The molecule has 16 nitrogen and oxygen atoms in total. The van der Waals surface area contributed by atoms with Gasteiger partial charge in [0, 0.05) is 41.2 Å². The maximum Gasteiger partial charge on any atom is 0.330 e. The van der Waals surface area contributed by atoms with Gasteiger partial charge in [0.25, 0.3) is 0 Å². The highest BCUT2D eigenvalue weighted by atomic mass is 32.1. The molecule has 2 aromatic rings. The normalized spacial score (nSPS) is 11.1. The third-order valence-electron chi connectivity index (χ3n) is 9.39. The molecule has 68 heavy (non-hydrogen) atoms. The predicted molar refractivity (Wildman–Crippen MR) is 264 cm³/mol. The minimum atomic E-state index is -0.780. The summed E-state index contributed by atoms with van der Waals surface area (Å²) in [7, 11) is 0. The Morgan fingerprint density at radius 2 is 0.618 bits per heavy atom. The number of benzene rings is 2. The lowest BCUT2D eigenvalue weighted by Gasteiger charge is -2.33. The summed E-state index contributed by atoms with van der Waals surface area (Å²) in [6.45, 7) is 21.5. The lowest BCUT2D eigenvalue weighted by Crippen LogP contribution is -2.43. The third kappa shape index (κ3) is 29.5. The van der Waals surface area contributed by atoms with Gasteiger partial charge in [-0.2, -0.15) is 25.3 Å². The number of carbonyl (C=O) groups is 4. The Labute approximate surface area is 413 Å². The molecule has 0 bridgehead atoms. The number of rotatable bonds is 40. The van der Waals surface area contributed by atoms with Gasteiger partial charge in [0.1, 0.15) is 26.4 Å². The van der Waals surface area contributed by atoms with Crippen LogP contribution in [0.3, 0.4) is 0 Å². The molecule has 0 aliphatic heterocycles. The molecule has 0 radical (unpaired) electrons. The molecule has 0 spiro atoms. The van der Waals surface area contributed by atoms with Crippen LogP contribution in [-0.4, -0.2) is 156 Å². The van der Waals surface area contributed by atoms with Crippen LogP contribution in [-0.2, 0) is 92.9 Å². The molecular formula is C50H72O16S2. The maximum absolute atomic E-state index is 11.1. The Balaban J connectivity index is 0.000000998. The first-order valence-corrected chi connectivity index (χ1v) is 23.4. The summed E-state index contributed by atoms with van der Waals surface area (Å²) in [5.41, 5.74) is 4.41. The Morgan fingerprint density at radius 3 is 0.838 bits per heavy atom. The Bertz CT molecular complexity index is 1520.